The van der Waals surface area contributed by atoms with E-state index in [0.29, 0.717) is 11.9 Å². The highest BCUT2D eigenvalue weighted by molar-refractivity contribution is 5.58. The van der Waals surface area contributed by atoms with Gasteiger partial charge in [-0.3, -0.25) is 15.0 Å². The Labute approximate surface area is 117 Å². The van der Waals surface area contributed by atoms with Crippen molar-refractivity contribution in [1.29, 1.82) is 0 Å². The predicted octanol–water partition coefficient (Wildman–Crippen LogP) is 0.392. The lowest BCUT2D eigenvalue weighted by Gasteiger charge is -2.43. The van der Waals surface area contributed by atoms with Crippen molar-refractivity contribution in [2.24, 2.45) is 0 Å². The third-order valence-corrected chi connectivity index (χ3v) is 4.08. The molecule has 1 aromatic heterocycles. The summed E-state index contributed by atoms with van der Waals surface area (Å²) in [6, 6.07) is 3.88. The minimum absolute atomic E-state index is 0.106. The van der Waals surface area contributed by atoms with Gasteiger partial charge in [0.15, 0.2) is 0 Å². The molecule has 0 bridgehead atoms. The summed E-state index contributed by atoms with van der Waals surface area (Å²) in [6.45, 7) is 7.47. The normalized spacial score (nSPS) is 20.8. The molecule has 0 spiro atoms. The minimum atomic E-state index is -0.343. The first-order valence-electron chi connectivity index (χ1n) is 6.97. The third-order valence-electron chi connectivity index (χ3n) is 4.08. The van der Waals surface area contributed by atoms with Crippen LogP contribution in [0.4, 0.5) is 11.5 Å². The summed E-state index contributed by atoms with van der Waals surface area (Å²) < 4.78 is 0. The SMILES string of the molecule is Cc1ccc([N+](=O)[O-])c(N2CCN(C3CNC3)CC2)n1. The van der Waals surface area contributed by atoms with Gasteiger partial charge in [-0.2, -0.15) is 0 Å². The van der Waals surface area contributed by atoms with Crippen LogP contribution >= 0.6 is 0 Å². The number of piperazine rings is 1. The standard InChI is InChI=1S/C13H19N5O2/c1-10-2-3-12(18(19)20)13(15-10)17-6-4-16(5-7-17)11-8-14-9-11/h2-3,11,14H,4-9H2,1H3. The largest absolute Gasteiger partial charge is 0.348 e. The van der Waals surface area contributed by atoms with Gasteiger partial charge in [0.2, 0.25) is 5.82 Å². The average molecular weight is 277 g/mol. The Hall–Kier alpha value is -1.73. The summed E-state index contributed by atoms with van der Waals surface area (Å²) in [5.41, 5.74) is 0.922. The molecule has 0 radical (unpaired) electrons. The highest BCUT2D eigenvalue weighted by atomic mass is 16.6. The Morgan fingerprint density at radius 3 is 2.55 bits per heavy atom. The molecule has 2 aliphatic heterocycles. The summed E-state index contributed by atoms with van der Waals surface area (Å²) in [4.78, 5) is 19.6. The molecule has 1 aromatic rings. The van der Waals surface area contributed by atoms with Crippen molar-refractivity contribution in [1.82, 2.24) is 15.2 Å². The molecule has 0 aromatic carbocycles. The van der Waals surface area contributed by atoms with Crippen LogP contribution < -0.4 is 10.2 Å². The van der Waals surface area contributed by atoms with Crippen LogP contribution in [0.1, 0.15) is 5.69 Å². The van der Waals surface area contributed by atoms with Crippen LogP contribution in [-0.2, 0) is 0 Å². The monoisotopic (exact) mass is 277 g/mol. The lowest BCUT2D eigenvalue weighted by Crippen LogP contribution is -2.61. The van der Waals surface area contributed by atoms with Gasteiger partial charge < -0.3 is 10.2 Å². The number of pyridine rings is 1. The maximum atomic E-state index is 11.1. The second kappa shape index (κ2) is 5.34. The molecular weight excluding hydrogens is 258 g/mol. The van der Waals surface area contributed by atoms with Crippen molar-refractivity contribution < 1.29 is 4.92 Å². The Morgan fingerprint density at radius 1 is 1.30 bits per heavy atom. The molecule has 0 saturated carbocycles. The predicted molar refractivity (Wildman–Crippen MR) is 76.1 cm³/mol. The minimum Gasteiger partial charge on any atom is -0.348 e. The zero-order chi connectivity index (χ0) is 14.1. The molecule has 1 N–H and O–H groups in total. The Balaban J connectivity index is 1.73. The van der Waals surface area contributed by atoms with Crippen molar-refractivity contribution in [2.45, 2.75) is 13.0 Å². The maximum absolute atomic E-state index is 11.1. The highest BCUT2D eigenvalue weighted by Gasteiger charge is 2.30. The quantitative estimate of drug-likeness (QED) is 0.636. The van der Waals surface area contributed by atoms with Gasteiger partial charge >= 0.3 is 5.69 Å². The van der Waals surface area contributed by atoms with Crippen molar-refractivity contribution in [2.75, 3.05) is 44.2 Å². The highest BCUT2D eigenvalue weighted by Crippen LogP contribution is 2.27. The molecule has 20 heavy (non-hydrogen) atoms. The van der Waals surface area contributed by atoms with Crippen LogP contribution in [0.5, 0.6) is 0 Å². The van der Waals surface area contributed by atoms with Gasteiger partial charge in [0.1, 0.15) is 0 Å². The Morgan fingerprint density at radius 2 is 2.00 bits per heavy atom. The van der Waals surface area contributed by atoms with Crippen molar-refractivity contribution >= 4 is 11.5 Å². The second-order valence-corrected chi connectivity index (χ2v) is 5.39. The van der Waals surface area contributed by atoms with E-state index in [0.717, 1.165) is 45.0 Å². The molecule has 7 heteroatoms. The number of hydrogen-bond acceptors (Lipinski definition) is 6. The molecule has 3 heterocycles. The van der Waals surface area contributed by atoms with Crippen molar-refractivity contribution in [3.63, 3.8) is 0 Å². The van der Waals surface area contributed by atoms with E-state index in [1.807, 2.05) is 11.8 Å². The zero-order valence-electron chi connectivity index (χ0n) is 11.6. The maximum Gasteiger partial charge on any atom is 0.311 e. The fourth-order valence-electron chi connectivity index (χ4n) is 2.74. The molecule has 2 fully saturated rings. The number of anilines is 1. The van der Waals surface area contributed by atoms with Crippen LogP contribution in [0.15, 0.2) is 12.1 Å². The van der Waals surface area contributed by atoms with Gasteiger partial charge in [-0.05, 0) is 13.0 Å². The second-order valence-electron chi connectivity index (χ2n) is 5.39. The summed E-state index contributed by atoms with van der Waals surface area (Å²) in [7, 11) is 0. The molecule has 2 saturated heterocycles. The van der Waals surface area contributed by atoms with E-state index < -0.39 is 0 Å². The van der Waals surface area contributed by atoms with E-state index >= 15 is 0 Å². The number of nitro groups is 1. The Bertz CT molecular complexity index is 509. The molecule has 108 valence electrons. The van der Waals surface area contributed by atoms with Gasteiger partial charge in [-0.25, -0.2) is 4.98 Å². The fraction of sp³-hybridized carbons (Fsp3) is 0.615. The molecule has 0 unspecified atom stereocenters. The number of nitrogens with zero attached hydrogens (tertiary/aromatic N) is 4. The molecule has 7 nitrogen and oxygen atoms in total. The third kappa shape index (κ3) is 2.46. The van der Waals surface area contributed by atoms with E-state index in [2.05, 4.69) is 15.2 Å². The van der Waals surface area contributed by atoms with Crippen molar-refractivity contribution in [3.8, 4) is 0 Å². The first kappa shape index (κ1) is 13.3. The fourth-order valence-corrected chi connectivity index (χ4v) is 2.74. The molecule has 2 aliphatic rings. The summed E-state index contributed by atoms with van der Waals surface area (Å²) in [6.07, 6.45) is 0. The lowest BCUT2D eigenvalue weighted by molar-refractivity contribution is -0.384. The smallest absolute Gasteiger partial charge is 0.311 e. The van der Waals surface area contributed by atoms with Gasteiger partial charge in [-0.1, -0.05) is 0 Å². The number of aromatic nitrogens is 1. The van der Waals surface area contributed by atoms with E-state index in [-0.39, 0.29) is 10.6 Å². The van der Waals surface area contributed by atoms with Crippen molar-refractivity contribution in [3.05, 3.63) is 27.9 Å². The van der Waals surface area contributed by atoms with E-state index in [1.54, 1.807) is 12.1 Å². The van der Waals surface area contributed by atoms with Crippen LogP contribution in [0.25, 0.3) is 0 Å². The van der Waals surface area contributed by atoms with Gasteiger partial charge in [-0.15, -0.1) is 0 Å². The summed E-state index contributed by atoms with van der Waals surface area (Å²) in [5, 5.41) is 14.4. The molecule has 0 atom stereocenters. The van der Waals surface area contributed by atoms with E-state index in [9.17, 15) is 10.1 Å². The zero-order valence-corrected chi connectivity index (χ0v) is 11.6. The van der Waals surface area contributed by atoms with Gasteiger partial charge in [0, 0.05) is 57.1 Å². The molecule has 0 aliphatic carbocycles. The molecular formula is C13H19N5O2. The number of aryl methyl sites for hydroxylation is 1. The van der Waals surface area contributed by atoms with Gasteiger partial charge in [0.05, 0.1) is 4.92 Å². The molecule has 0 amide bonds. The van der Waals surface area contributed by atoms with Crippen LogP contribution in [-0.4, -0.2) is 60.1 Å². The van der Waals surface area contributed by atoms with Crippen LogP contribution in [0.3, 0.4) is 0 Å². The van der Waals surface area contributed by atoms with E-state index in [4.69, 9.17) is 0 Å². The average Bonchev–Trinajstić information content (AvgIpc) is 2.37. The summed E-state index contributed by atoms with van der Waals surface area (Å²) in [5.74, 6) is 0.515. The first-order chi connectivity index (χ1) is 9.65. The summed E-state index contributed by atoms with van der Waals surface area (Å²) >= 11 is 0. The number of rotatable bonds is 3. The lowest BCUT2D eigenvalue weighted by atomic mass is 10.1. The topological polar surface area (TPSA) is 74.5 Å². The van der Waals surface area contributed by atoms with Crippen LogP contribution in [0.2, 0.25) is 0 Å². The first-order valence-corrected chi connectivity index (χ1v) is 6.97. The van der Waals surface area contributed by atoms with E-state index in [1.165, 1.54) is 0 Å². The number of nitrogens with one attached hydrogen (secondary N) is 1. The Kier molecular flexibility index (Phi) is 3.54. The number of hydrogen-bond donors (Lipinski definition) is 1. The molecule has 3 rings (SSSR count). The van der Waals surface area contributed by atoms with Gasteiger partial charge in [0.25, 0.3) is 0 Å². The van der Waals surface area contributed by atoms with Crippen LogP contribution in [0, 0.1) is 17.0 Å².